The topological polar surface area (TPSA) is 68.2 Å². The van der Waals surface area contributed by atoms with E-state index < -0.39 is 6.10 Å². The molecule has 12 atom stereocenters. The van der Waals surface area contributed by atoms with Gasteiger partial charge in [-0.05, 0) is 105 Å². The number of ether oxygens (including phenoxy) is 3. The van der Waals surface area contributed by atoms with E-state index in [0.717, 1.165) is 49.7 Å². The van der Waals surface area contributed by atoms with Crippen LogP contribution in [-0.4, -0.2) is 59.3 Å². The summed E-state index contributed by atoms with van der Waals surface area (Å²) in [6, 6.07) is 11.8. The van der Waals surface area contributed by atoms with Crippen molar-refractivity contribution in [1.82, 2.24) is 4.90 Å². The van der Waals surface area contributed by atoms with E-state index in [1.807, 2.05) is 10.8 Å². The predicted molar refractivity (Wildman–Crippen MR) is 200 cm³/mol. The predicted octanol–water partition coefficient (Wildman–Crippen LogP) is 8.62. The maximum Gasteiger partial charge on any atom is 0.343 e. The summed E-state index contributed by atoms with van der Waals surface area (Å²) in [5, 5.41) is 13.1. The molecule has 3 bridgehead atoms. The van der Waals surface area contributed by atoms with Crippen LogP contribution >= 0.6 is 21.6 Å². The van der Waals surface area contributed by atoms with Crippen LogP contribution in [0.1, 0.15) is 83.6 Å². The van der Waals surface area contributed by atoms with Gasteiger partial charge in [-0.1, -0.05) is 77.4 Å². The molecule has 5 heterocycles. The molecule has 6 nitrogen and oxygen atoms in total. The number of cyclic esters (lactones) is 1. The minimum atomic E-state index is -0.409. The summed E-state index contributed by atoms with van der Waals surface area (Å²) in [6.07, 6.45) is 13.7. The van der Waals surface area contributed by atoms with E-state index >= 15 is 0 Å². The van der Waals surface area contributed by atoms with Crippen molar-refractivity contribution in [3.05, 3.63) is 82.2 Å². The van der Waals surface area contributed by atoms with E-state index in [1.54, 1.807) is 14.0 Å². The minimum absolute atomic E-state index is 0.00521. The highest BCUT2D eigenvalue weighted by Gasteiger charge is 2.64. The Morgan fingerprint density at radius 2 is 1.88 bits per heavy atom. The van der Waals surface area contributed by atoms with Gasteiger partial charge in [0.25, 0.3) is 0 Å². The summed E-state index contributed by atoms with van der Waals surface area (Å²) in [5.74, 6) is 7.65. The summed E-state index contributed by atoms with van der Waals surface area (Å²) in [4.78, 5) is 15.5. The Morgan fingerprint density at radius 3 is 2.70 bits per heavy atom. The molecule has 1 spiro atoms. The zero-order valence-corrected chi connectivity index (χ0v) is 31.6. The summed E-state index contributed by atoms with van der Waals surface area (Å²) in [6.45, 7) is 7.32. The van der Waals surface area contributed by atoms with Crippen LogP contribution < -0.4 is 0 Å². The van der Waals surface area contributed by atoms with Gasteiger partial charge < -0.3 is 19.3 Å². The van der Waals surface area contributed by atoms with Crippen molar-refractivity contribution in [2.45, 2.75) is 96.2 Å². The Hall–Kier alpha value is -2.13. The van der Waals surface area contributed by atoms with Crippen molar-refractivity contribution in [1.29, 1.82) is 0 Å². The molecule has 9 rings (SSSR count). The zero-order chi connectivity index (χ0) is 34.3. The molecule has 0 amide bonds. The van der Waals surface area contributed by atoms with Crippen LogP contribution in [0, 0.1) is 46.8 Å². The Morgan fingerprint density at radius 1 is 1.04 bits per heavy atom. The number of aliphatic hydroxyl groups is 1. The van der Waals surface area contributed by atoms with Gasteiger partial charge >= 0.3 is 5.97 Å². The molecular weight excluding hydrogens is 663 g/mol. The number of esters is 1. The van der Waals surface area contributed by atoms with Crippen molar-refractivity contribution in [2.75, 3.05) is 25.2 Å². The molecule has 1 N–H and O–H groups in total. The van der Waals surface area contributed by atoms with Gasteiger partial charge in [-0.25, -0.2) is 4.79 Å². The van der Waals surface area contributed by atoms with Gasteiger partial charge in [0.15, 0.2) is 11.5 Å². The number of methoxy groups -OCH3 is 1. The van der Waals surface area contributed by atoms with E-state index in [-0.39, 0.29) is 41.2 Å². The third-order valence-corrected chi connectivity index (χ3v) is 16.9. The normalized spacial score (nSPS) is 44.3. The van der Waals surface area contributed by atoms with Crippen LogP contribution in [0.2, 0.25) is 0 Å². The molecule has 50 heavy (non-hydrogen) atoms. The molecule has 1 aromatic carbocycles. The first-order valence-electron chi connectivity index (χ1n) is 19.3. The van der Waals surface area contributed by atoms with Crippen molar-refractivity contribution >= 4 is 27.6 Å². The molecule has 8 aliphatic rings. The number of carbonyl (C=O) groups is 1. The maximum atomic E-state index is 13.1. The first-order chi connectivity index (χ1) is 24.3. The SMILES string of the molecule is COC1=C(C)C(=O)OC1=C1OC2=CCCN3[C@@H]4[C@@H](O)[C@H]5C[C@H](C)CC=C5CSSC[C@@H]5CC[C@]6(C5)C[C@@H]4[C@@H](C[C@@H]3[C@@H]2[C@@H]1C)[C@@H]6c1ccccc1. The standard InChI is InChI=1S/C42H53NO5S2/c1-23-12-13-28-22-50-49-21-26-14-15-42(19-26)20-31-30(35(42)27-9-6-5-7-10-27)18-32-34-24(2)39(40-38(46-4)25(3)41(45)48-40)47-33(34)11-8-16-43(32)36(31)37(44)29(28)17-23/h5-7,9-11,13,23-24,26,29-32,34-37,44H,8,12,14-22H2,1-4H3/t23-,24+,26-,29+,30-,31-,32-,34+,35+,36+,37+,42+/m1/s1. The molecule has 0 unspecified atom stereocenters. The number of hydrogen-bond donors (Lipinski definition) is 1. The highest BCUT2D eigenvalue weighted by molar-refractivity contribution is 8.76. The lowest BCUT2D eigenvalue weighted by Gasteiger charge is -2.54. The maximum absolute atomic E-state index is 13.1. The van der Waals surface area contributed by atoms with Crippen LogP contribution in [0.4, 0.5) is 0 Å². The molecule has 8 heteroatoms. The first kappa shape index (κ1) is 33.7. The minimum Gasteiger partial charge on any atom is -0.492 e. The van der Waals surface area contributed by atoms with Crippen molar-refractivity contribution in [3.63, 3.8) is 0 Å². The van der Waals surface area contributed by atoms with Gasteiger partial charge in [-0.3, -0.25) is 4.90 Å². The van der Waals surface area contributed by atoms with E-state index in [1.165, 1.54) is 42.6 Å². The second kappa shape index (κ2) is 13.1. The van der Waals surface area contributed by atoms with E-state index in [2.05, 4.69) is 72.0 Å². The summed E-state index contributed by atoms with van der Waals surface area (Å²) in [5.41, 5.74) is 3.76. The van der Waals surface area contributed by atoms with Gasteiger partial charge in [-0.15, -0.1) is 0 Å². The molecule has 0 radical (unpaired) electrons. The second-order valence-corrected chi connectivity index (χ2v) is 19.5. The van der Waals surface area contributed by atoms with Crippen molar-refractivity contribution in [3.8, 4) is 0 Å². The average molecular weight is 716 g/mol. The lowest BCUT2D eigenvalue weighted by atomic mass is 9.65. The number of allylic oxidation sites excluding steroid dienone is 2. The van der Waals surface area contributed by atoms with Crippen LogP contribution in [0.25, 0.3) is 0 Å². The lowest BCUT2D eigenvalue weighted by Crippen LogP contribution is -2.62. The highest BCUT2D eigenvalue weighted by Crippen LogP contribution is 2.69. The molecule has 5 aliphatic heterocycles. The number of aliphatic hydroxyl groups excluding tert-OH is 1. The molecule has 1 aromatic rings. The Labute approximate surface area is 305 Å². The van der Waals surface area contributed by atoms with Crippen LogP contribution in [-0.2, 0) is 19.0 Å². The summed E-state index contributed by atoms with van der Waals surface area (Å²) < 4.78 is 18.3. The molecule has 3 aliphatic carbocycles. The van der Waals surface area contributed by atoms with E-state index in [0.29, 0.717) is 46.5 Å². The molecule has 0 aromatic heterocycles. The smallest absolute Gasteiger partial charge is 0.343 e. The molecule has 268 valence electrons. The van der Waals surface area contributed by atoms with Gasteiger partial charge in [0.2, 0.25) is 5.76 Å². The first-order valence-corrected chi connectivity index (χ1v) is 21.8. The van der Waals surface area contributed by atoms with Crippen LogP contribution in [0.5, 0.6) is 0 Å². The van der Waals surface area contributed by atoms with Crippen LogP contribution in [0.15, 0.2) is 76.7 Å². The molecule has 2 saturated carbocycles. The Bertz CT molecular complexity index is 1650. The Kier molecular flexibility index (Phi) is 8.81. The number of carbonyl (C=O) groups excluding carboxylic acids is 1. The molecular formula is C42H53NO5S2. The Balaban J connectivity index is 1.18. The van der Waals surface area contributed by atoms with Crippen LogP contribution in [0.3, 0.4) is 0 Å². The average Bonchev–Trinajstić information content (AvgIpc) is 3.81. The lowest BCUT2D eigenvalue weighted by molar-refractivity contribution is -0.133. The summed E-state index contributed by atoms with van der Waals surface area (Å²) in [7, 11) is 5.73. The van der Waals surface area contributed by atoms with Gasteiger partial charge in [-0.2, -0.15) is 0 Å². The largest absolute Gasteiger partial charge is 0.492 e. The third kappa shape index (κ3) is 5.31. The van der Waals surface area contributed by atoms with Crippen molar-refractivity contribution < 1.29 is 24.1 Å². The van der Waals surface area contributed by atoms with Gasteiger partial charge in [0.1, 0.15) is 5.76 Å². The van der Waals surface area contributed by atoms with Crippen molar-refractivity contribution in [2.24, 2.45) is 46.8 Å². The monoisotopic (exact) mass is 715 g/mol. The van der Waals surface area contributed by atoms with Gasteiger partial charge in [0.05, 0.1) is 18.8 Å². The number of hydrogen-bond acceptors (Lipinski definition) is 8. The van der Waals surface area contributed by atoms with Gasteiger partial charge in [0, 0.05) is 47.9 Å². The fourth-order valence-electron chi connectivity index (χ4n) is 12.4. The zero-order valence-electron chi connectivity index (χ0n) is 30.0. The number of benzene rings is 1. The number of rotatable bonds is 2. The van der Waals surface area contributed by atoms with E-state index in [4.69, 9.17) is 14.2 Å². The second-order valence-electron chi connectivity index (χ2n) is 17.0. The number of nitrogens with zero attached hydrogens (tertiary/aromatic N) is 1. The fraction of sp³-hybridized carbons (Fsp3) is 0.643. The summed E-state index contributed by atoms with van der Waals surface area (Å²) >= 11 is 0. The molecule has 5 fully saturated rings. The number of piperidine rings is 1. The quantitative estimate of drug-likeness (QED) is 0.186. The fourth-order valence-corrected chi connectivity index (χ4v) is 15.0. The highest BCUT2D eigenvalue weighted by atomic mass is 33.1. The third-order valence-electron chi connectivity index (χ3n) is 14.4. The number of fused-ring (bicyclic) bond motifs is 6. The molecule has 3 saturated heterocycles. The van der Waals surface area contributed by atoms with E-state index in [9.17, 15) is 9.90 Å².